The van der Waals surface area contributed by atoms with Crippen molar-refractivity contribution in [2.24, 2.45) is 16.7 Å². The fourth-order valence-corrected chi connectivity index (χ4v) is 9.97. The van der Waals surface area contributed by atoms with E-state index in [0.29, 0.717) is 6.42 Å². The van der Waals surface area contributed by atoms with Crippen LogP contribution in [0.15, 0.2) is 41.5 Å². The van der Waals surface area contributed by atoms with E-state index in [1.807, 2.05) is 0 Å². The molecule has 3 aliphatic carbocycles. The number of aliphatic hydroxyl groups excluding tert-OH is 3. The van der Waals surface area contributed by atoms with E-state index in [4.69, 9.17) is 33.2 Å². The van der Waals surface area contributed by atoms with Gasteiger partial charge in [-0.05, 0) is 64.3 Å². The Balaban J connectivity index is 1.56. The highest BCUT2D eigenvalue weighted by atomic mass is 16.8. The number of nitrogens with one attached hydrogen (secondary N) is 1. The fraction of sp³-hybridized carbons (Fsp3) is 0.659. The van der Waals surface area contributed by atoms with Gasteiger partial charge < -0.3 is 53.8 Å². The van der Waals surface area contributed by atoms with Crippen molar-refractivity contribution in [3.63, 3.8) is 0 Å². The third-order valence-corrected chi connectivity index (χ3v) is 12.6. The van der Waals surface area contributed by atoms with Crippen LogP contribution in [0.4, 0.5) is 9.59 Å². The van der Waals surface area contributed by atoms with Crippen molar-refractivity contribution in [2.45, 2.75) is 147 Å². The summed E-state index contributed by atoms with van der Waals surface area (Å²) in [5.74, 6) is -5.58. The molecule has 17 nitrogen and oxygen atoms in total. The monoisotopic (exact) mass is 815 g/mol. The van der Waals surface area contributed by atoms with Crippen molar-refractivity contribution >= 4 is 35.9 Å². The van der Waals surface area contributed by atoms with Crippen molar-refractivity contribution < 1.29 is 77.2 Å². The molecule has 1 aromatic carbocycles. The second-order valence-corrected chi connectivity index (χ2v) is 17.6. The van der Waals surface area contributed by atoms with Gasteiger partial charge in [0.05, 0.1) is 35.6 Å². The minimum atomic E-state index is -2.31. The van der Waals surface area contributed by atoms with Crippen LogP contribution in [-0.4, -0.2) is 123 Å². The predicted octanol–water partition coefficient (Wildman–Crippen LogP) is 2.84. The smallest absolute Gasteiger partial charge is 0.454 e. The van der Waals surface area contributed by atoms with Gasteiger partial charge >= 0.3 is 30.2 Å². The lowest BCUT2D eigenvalue weighted by Gasteiger charge is -2.67. The Hall–Kier alpha value is -4.58. The van der Waals surface area contributed by atoms with Gasteiger partial charge in [0.1, 0.15) is 17.8 Å². The molecule has 2 unspecified atom stereocenters. The summed E-state index contributed by atoms with van der Waals surface area (Å²) in [5, 5.41) is 38.1. The normalized spacial score (nSPS) is 35.8. The van der Waals surface area contributed by atoms with Crippen LogP contribution in [-0.2, 0) is 47.5 Å². The van der Waals surface area contributed by atoms with Gasteiger partial charge in [0, 0.05) is 18.8 Å². The maximum Gasteiger partial charge on any atom is 0.509 e. The molecule has 1 spiro atoms. The van der Waals surface area contributed by atoms with Crippen molar-refractivity contribution in [1.82, 2.24) is 5.32 Å². The molecule has 0 aromatic heterocycles. The molecule has 5 aliphatic rings. The van der Waals surface area contributed by atoms with E-state index in [0.717, 1.165) is 6.92 Å². The van der Waals surface area contributed by atoms with E-state index in [2.05, 4.69) is 5.32 Å². The molecule has 2 saturated heterocycles. The van der Waals surface area contributed by atoms with Gasteiger partial charge in [0.25, 0.3) is 0 Å². The molecule has 1 amide bonds. The average Bonchev–Trinajstić information content (AvgIpc) is 3.50. The first kappa shape index (κ1) is 43.0. The van der Waals surface area contributed by atoms with Crippen LogP contribution in [0.3, 0.4) is 0 Å². The Morgan fingerprint density at radius 3 is 2.26 bits per heavy atom. The van der Waals surface area contributed by atoms with Crippen molar-refractivity contribution in [2.75, 3.05) is 6.61 Å². The van der Waals surface area contributed by atoms with Gasteiger partial charge in [-0.25, -0.2) is 19.2 Å². The highest BCUT2D eigenvalue weighted by Crippen LogP contribution is 2.66. The number of carbonyl (C=O) groups excluding carboxylic acids is 6. The second kappa shape index (κ2) is 14.9. The Kier molecular flexibility index (Phi) is 11.1. The number of ether oxygens (including phenoxy) is 7. The predicted molar refractivity (Wildman–Crippen MR) is 198 cm³/mol. The molecule has 6 rings (SSSR count). The zero-order chi connectivity index (χ0) is 42.9. The minimum Gasteiger partial charge on any atom is -0.454 e. The molecule has 2 aliphatic heterocycles. The Bertz CT molecular complexity index is 1890. The zero-order valence-electron chi connectivity index (χ0n) is 34.1. The molecular formula is C41H53NO16. The molecule has 318 valence electrons. The topological polar surface area (TPSA) is 240 Å². The standard InChI is InChI=1S/C41H53NO16/c1-10-14-22(42-35(50)57-37(4,5)6)26(45)34(49)53-28-19(2)25-27(46)30(47)39(9)23(44)17-24-40(18-52-24,56-20(3)43)29(39)32(54-33(48)21-15-12-11-13-16-21)41(38(25,7)8)31(28)55-36(51)58-41/h11-13,15-16,22-24,26-29,31-32,44-46H,10,14,17-18H2,1-9H3,(H,42,50)/t22-,23-,24+,26+,27+,28+,29?,31-,32?,39+,40-,41+/m0/s1. The van der Waals surface area contributed by atoms with Crippen LogP contribution < -0.4 is 5.32 Å². The maximum absolute atomic E-state index is 15.1. The van der Waals surface area contributed by atoms with Crippen LogP contribution in [0.25, 0.3) is 0 Å². The lowest BCUT2D eigenvalue weighted by Crippen LogP contribution is -2.83. The Labute approximate surface area is 335 Å². The zero-order valence-corrected chi connectivity index (χ0v) is 34.1. The molecule has 2 bridgehead atoms. The first-order valence-corrected chi connectivity index (χ1v) is 19.4. The highest BCUT2D eigenvalue weighted by molar-refractivity contribution is 5.94. The number of hydrogen-bond acceptors (Lipinski definition) is 16. The average molecular weight is 816 g/mol. The van der Waals surface area contributed by atoms with E-state index in [-0.39, 0.29) is 36.2 Å². The van der Waals surface area contributed by atoms with Gasteiger partial charge in [-0.2, -0.15) is 0 Å². The minimum absolute atomic E-state index is 0.0394. The number of ketones is 1. The number of carbonyl (C=O) groups is 6. The molecule has 0 radical (unpaired) electrons. The summed E-state index contributed by atoms with van der Waals surface area (Å²) in [6.07, 6.45) is -13.9. The molecular weight excluding hydrogens is 762 g/mol. The van der Waals surface area contributed by atoms with Gasteiger partial charge in [0.2, 0.25) is 5.60 Å². The summed E-state index contributed by atoms with van der Waals surface area (Å²) in [6, 6.07) is 6.54. The van der Waals surface area contributed by atoms with Gasteiger partial charge in [0.15, 0.2) is 35.8 Å². The Morgan fingerprint density at radius 1 is 1.03 bits per heavy atom. The van der Waals surface area contributed by atoms with Crippen LogP contribution >= 0.6 is 0 Å². The van der Waals surface area contributed by atoms with Crippen molar-refractivity contribution in [1.29, 1.82) is 0 Å². The number of alkyl carbamates (subject to hydrolysis) is 1. The second-order valence-electron chi connectivity index (χ2n) is 17.6. The number of fused-ring (bicyclic) bond motifs is 4. The first-order chi connectivity index (χ1) is 27.0. The molecule has 2 heterocycles. The first-order valence-electron chi connectivity index (χ1n) is 19.4. The number of esters is 3. The van der Waals surface area contributed by atoms with Crippen LogP contribution in [0.5, 0.6) is 0 Å². The van der Waals surface area contributed by atoms with Gasteiger partial charge in [-0.1, -0.05) is 45.4 Å². The quantitative estimate of drug-likeness (QED) is 0.159. The van der Waals surface area contributed by atoms with Crippen molar-refractivity contribution in [3.05, 3.63) is 47.0 Å². The van der Waals surface area contributed by atoms with E-state index in [1.165, 1.54) is 39.8 Å². The number of aliphatic hydroxyl groups is 3. The molecule has 4 fully saturated rings. The number of amides is 1. The number of hydrogen-bond donors (Lipinski definition) is 4. The number of Topliss-reactive ketones (excluding diaryl/α,β-unsaturated/α-hetero) is 1. The van der Waals surface area contributed by atoms with E-state index in [9.17, 15) is 39.3 Å². The molecule has 17 heteroatoms. The summed E-state index contributed by atoms with van der Waals surface area (Å²) < 4.78 is 41.7. The lowest BCUT2D eigenvalue weighted by molar-refractivity contribution is -0.345. The van der Waals surface area contributed by atoms with Gasteiger partial charge in [-0.15, -0.1) is 0 Å². The third-order valence-electron chi connectivity index (χ3n) is 12.6. The molecule has 2 saturated carbocycles. The number of rotatable bonds is 9. The van der Waals surface area contributed by atoms with Crippen LogP contribution in [0, 0.1) is 16.7 Å². The third kappa shape index (κ3) is 6.63. The summed E-state index contributed by atoms with van der Waals surface area (Å²) in [7, 11) is 0. The summed E-state index contributed by atoms with van der Waals surface area (Å²) >= 11 is 0. The maximum atomic E-state index is 15.1. The largest absolute Gasteiger partial charge is 0.509 e. The Morgan fingerprint density at radius 2 is 1.69 bits per heavy atom. The van der Waals surface area contributed by atoms with E-state index >= 15 is 4.79 Å². The molecule has 58 heavy (non-hydrogen) atoms. The lowest BCUT2D eigenvalue weighted by atomic mass is 9.44. The van der Waals surface area contributed by atoms with Crippen LogP contribution in [0.2, 0.25) is 0 Å². The summed E-state index contributed by atoms with van der Waals surface area (Å²) in [6.45, 7) is 13.4. The summed E-state index contributed by atoms with van der Waals surface area (Å²) in [4.78, 5) is 82.8. The van der Waals surface area contributed by atoms with Crippen molar-refractivity contribution in [3.8, 4) is 0 Å². The highest BCUT2D eigenvalue weighted by Gasteiger charge is 2.83. The van der Waals surface area contributed by atoms with Crippen LogP contribution in [0.1, 0.15) is 91.9 Å². The fourth-order valence-electron chi connectivity index (χ4n) is 9.97. The van der Waals surface area contributed by atoms with E-state index in [1.54, 1.807) is 45.9 Å². The molecule has 1 aromatic rings. The molecule has 4 N–H and O–H groups in total. The molecule has 12 atom stereocenters. The summed E-state index contributed by atoms with van der Waals surface area (Å²) in [5.41, 5.74) is -8.81. The SMILES string of the molecule is CCC[C@H](NC(=O)OC(C)(C)C)[C@@H](O)C(=O)O[C@@H]1C(C)=C2[C@@H](O)C(=O)[C@@]3(C)C(C(OC(=O)c4ccccc4)[C@@]4(OC(=O)O[C@@H]14)C2(C)C)[C@]1(OC(C)=O)CO[C@@H]1C[C@@H]3O. The van der Waals surface area contributed by atoms with E-state index < -0.39 is 118 Å². The van der Waals surface area contributed by atoms with Gasteiger partial charge in [-0.3, -0.25) is 9.59 Å². The number of benzene rings is 1.